The summed E-state index contributed by atoms with van der Waals surface area (Å²) in [4.78, 5) is 0. The second-order valence-electron chi connectivity index (χ2n) is 6.51. The molecule has 2 aromatic carbocycles. The predicted molar refractivity (Wildman–Crippen MR) is 112 cm³/mol. The largest absolute Gasteiger partial charge is 0.329 e. The molecule has 1 nitrogen and oxygen atoms in total. The van der Waals surface area contributed by atoms with Crippen LogP contribution in [0.25, 0.3) is 21.8 Å². The van der Waals surface area contributed by atoms with Crippen LogP contribution in [0, 0.1) is 23.3 Å². The van der Waals surface area contributed by atoms with Gasteiger partial charge in [0.1, 0.15) is 8.07 Å². The summed E-state index contributed by atoms with van der Waals surface area (Å²) in [6.45, 7) is 7.51. The van der Waals surface area contributed by atoms with Crippen LogP contribution in [-0.4, -0.2) is 12.6 Å². The fourth-order valence-electron chi connectivity index (χ4n) is 3.52. The zero-order valence-corrected chi connectivity index (χ0v) is 16.4. The van der Waals surface area contributed by atoms with Crippen molar-refractivity contribution in [1.82, 2.24) is 4.57 Å². The highest BCUT2D eigenvalue weighted by Gasteiger charge is 2.23. The minimum absolute atomic E-state index is 0.682. The van der Waals surface area contributed by atoms with Gasteiger partial charge in [-0.1, -0.05) is 63.1 Å². The molecule has 0 bridgehead atoms. The van der Waals surface area contributed by atoms with E-state index >= 15 is 0 Å². The Morgan fingerprint density at radius 1 is 0.760 bits per heavy atom. The Balaban J connectivity index is 1.93. The molecule has 2 heteroatoms. The van der Waals surface area contributed by atoms with Crippen LogP contribution in [-0.2, 0) is 6.54 Å². The molecule has 0 spiro atoms. The van der Waals surface area contributed by atoms with Crippen molar-refractivity contribution in [2.45, 2.75) is 45.4 Å². The van der Waals surface area contributed by atoms with Crippen LogP contribution >= 0.6 is 0 Å². The van der Waals surface area contributed by atoms with Gasteiger partial charge in [-0.25, -0.2) is 0 Å². The Bertz CT molecular complexity index is 939. The van der Waals surface area contributed by atoms with Crippen molar-refractivity contribution >= 4 is 29.9 Å². The quantitative estimate of drug-likeness (QED) is 0.414. The van der Waals surface area contributed by atoms with Gasteiger partial charge >= 0.3 is 0 Å². The highest BCUT2D eigenvalue weighted by Crippen LogP contribution is 2.28. The van der Waals surface area contributed by atoms with Gasteiger partial charge in [0, 0.05) is 21.8 Å². The van der Waals surface area contributed by atoms with Gasteiger partial charge in [-0.15, -0.1) is 5.54 Å². The molecule has 0 unspecified atom stereocenters. The monoisotopic (exact) mass is 343 g/mol. The Kier molecular flexibility index (Phi) is 5.32. The third-order valence-corrected chi connectivity index (χ3v) is 10.1. The highest BCUT2D eigenvalue weighted by atomic mass is 28.3. The predicted octanol–water partition coefficient (Wildman–Crippen LogP) is 5.85. The zero-order valence-electron chi connectivity index (χ0n) is 15.4. The number of benzene rings is 2. The van der Waals surface area contributed by atoms with E-state index in [-0.39, 0.29) is 0 Å². The molecule has 0 aliphatic rings. The molecular weight excluding hydrogens is 318 g/mol. The standard InChI is InChI=1S/C23H25NSi/c1-4-25(5-2,6-3)19-13-7-12-18-24-22-16-10-8-14-20(22)21-15-9-11-17-23(21)24/h8-11,14-17H,4-6,18H2,1-3H3. The molecular formula is C23H25NSi. The van der Waals surface area contributed by atoms with Crippen molar-refractivity contribution in [3.63, 3.8) is 0 Å². The summed E-state index contributed by atoms with van der Waals surface area (Å²) in [5.74, 6) is 9.57. The van der Waals surface area contributed by atoms with Gasteiger partial charge in [-0.2, -0.15) is 0 Å². The van der Waals surface area contributed by atoms with E-state index < -0.39 is 8.07 Å². The van der Waals surface area contributed by atoms with Crippen LogP contribution < -0.4 is 0 Å². The second-order valence-corrected chi connectivity index (χ2v) is 11.4. The van der Waals surface area contributed by atoms with E-state index in [1.807, 2.05) is 0 Å². The van der Waals surface area contributed by atoms with Gasteiger partial charge in [0.2, 0.25) is 0 Å². The summed E-state index contributed by atoms with van der Waals surface area (Å²) < 4.78 is 2.30. The summed E-state index contributed by atoms with van der Waals surface area (Å²) >= 11 is 0. The number of nitrogens with zero attached hydrogens (tertiary/aromatic N) is 1. The van der Waals surface area contributed by atoms with Gasteiger partial charge in [-0.05, 0) is 42.1 Å². The molecule has 0 amide bonds. The average molecular weight is 344 g/mol. The Morgan fingerprint density at radius 3 is 1.80 bits per heavy atom. The van der Waals surface area contributed by atoms with E-state index in [0.29, 0.717) is 6.54 Å². The van der Waals surface area contributed by atoms with E-state index in [9.17, 15) is 0 Å². The van der Waals surface area contributed by atoms with Crippen LogP contribution in [0.2, 0.25) is 18.1 Å². The third-order valence-electron chi connectivity index (χ3n) is 5.43. The number of para-hydroxylation sites is 2. The van der Waals surface area contributed by atoms with Crippen molar-refractivity contribution < 1.29 is 0 Å². The Hall–Kier alpha value is -2.42. The van der Waals surface area contributed by atoms with E-state index in [1.165, 1.54) is 39.9 Å². The first-order valence-corrected chi connectivity index (χ1v) is 11.8. The number of fused-ring (bicyclic) bond motifs is 3. The molecule has 0 aliphatic carbocycles. The topological polar surface area (TPSA) is 4.93 Å². The molecule has 0 saturated heterocycles. The molecule has 0 aliphatic heterocycles. The van der Waals surface area contributed by atoms with Gasteiger partial charge in [0.25, 0.3) is 0 Å². The fourth-order valence-corrected chi connectivity index (χ4v) is 5.87. The first kappa shape index (κ1) is 17.4. The first-order valence-electron chi connectivity index (χ1n) is 9.20. The summed E-state index contributed by atoms with van der Waals surface area (Å²) in [5.41, 5.74) is 6.02. The lowest BCUT2D eigenvalue weighted by atomic mass is 10.2. The number of rotatable bonds is 4. The average Bonchev–Trinajstić information content (AvgIpc) is 2.99. The first-order chi connectivity index (χ1) is 12.2. The van der Waals surface area contributed by atoms with E-state index in [2.05, 4.69) is 97.2 Å². The van der Waals surface area contributed by atoms with Crippen molar-refractivity contribution in [2.24, 2.45) is 0 Å². The summed E-state index contributed by atoms with van der Waals surface area (Å²) in [7, 11) is -1.39. The summed E-state index contributed by atoms with van der Waals surface area (Å²) in [5, 5.41) is 2.58. The molecule has 0 atom stereocenters. The highest BCUT2D eigenvalue weighted by molar-refractivity contribution is 6.87. The van der Waals surface area contributed by atoms with Crippen molar-refractivity contribution in [2.75, 3.05) is 0 Å². The van der Waals surface area contributed by atoms with Gasteiger partial charge in [-0.3, -0.25) is 0 Å². The molecule has 0 fully saturated rings. The molecule has 1 heterocycles. The van der Waals surface area contributed by atoms with Crippen LogP contribution in [0.1, 0.15) is 20.8 Å². The molecule has 126 valence electrons. The normalized spacial score (nSPS) is 11.0. The van der Waals surface area contributed by atoms with E-state index in [1.54, 1.807) is 0 Å². The smallest absolute Gasteiger partial charge is 0.139 e. The maximum Gasteiger partial charge on any atom is 0.139 e. The lowest BCUT2D eigenvalue weighted by molar-refractivity contribution is 0.923. The van der Waals surface area contributed by atoms with Gasteiger partial charge < -0.3 is 4.57 Å². The number of aromatic nitrogens is 1. The lowest BCUT2D eigenvalue weighted by Gasteiger charge is -2.19. The van der Waals surface area contributed by atoms with Crippen molar-refractivity contribution in [1.29, 1.82) is 0 Å². The minimum atomic E-state index is -1.39. The second kappa shape index (κ2) is 7.64. The van der Waals surface area contributed by atoms with E-state index in [0.717, 1.165) is 0 Å². The molecule has 3 rings (SSSR count). The van der Waals surface area contributed by atoms with Crippen molar-refractivity contribution in [3.8, 4) is 23.3 Å². The van der Waals surface area contributed by atoms with E-state index in [4.69, 9.17) is 0 Å². The van der Waals surface area contributed by atoms with Gasteiger partial charge in [0.05, 0.1) is 6.54 Å². The lowest BCUT2D eigenvalue weighted by Crippen LogP contribution is -2.29. The SMILES string of the molecule is CC[Si](C#CC#CCn1c2ccccc2c2ccccc21)(CC)CC. The maximum absolute atomic E-state index is 3.54. The third kappa shape index (κ3) is 3.36. The zero-order chi connectivity index (χ0) is 17.7. The van der Waals surface area contributed by atoms with Crippen molar-refractivity contribution in [3.05, 3.63) is 48.5 Å². The van der Waals surface area contributed by atoms with Crippen LogP contribution in [0.3, 0.4) is 0 Å². The number of hydrogen-bond donors (Lipinski definition) is 0. The van der Waals surface area contributed by atoms with Crippen LogP contribution in [0.15, 0.2) is 48.5 Å². The molecule has 3 aromatic rings. The fraction of sp³-hybridized carbons (Fsp3) is 0.304. The number of hydrogen-bond acceptors (Lipinski definition) is 0. The molecule has 0 saturated carbocycles. The molecule has 0 N–H and O–H groups in total. The summed E-state index contributed by atoms with van der Waals surface area (Å²) in [6.07, 6.45) is 0. The Labute approximate surface area is 152 Å². The van der Waals surface area contributed by atoms with Crippen LogP contribution in [0.5, 0.6) is 0 Å². The van der Waals surface area contributed by atoms with Gasteiger partial charge in [0.15, 0.2) is 0 Å². The molecule has 1 aromatic heterocycles. The maximum atomic E-state index is 3.54. The summed E-state index contributed by atoms with van der Waals surface area (Å²) in [6, 6.07) is 20.8. The Morgan fingerprint density at radius 2 is 1.28 bits per heavy atom. The molecule has 25 heavy (non-hydrogen) atoms. The molecule has 0 radical (unpaired) electrons. The van der Waals surface area contributed by atoms with Crippen LogP contribution in [0.4, 0.5) is 0 Å². The minimum Gasteiger partial charge on any atom is -0.329 e.